The number of carbonyl (C=O) groups is 1. The Hall–Kier alpha value is -1.44. The van der Waals surface area contributed by atoms with Crippen LogP contribution < -0.4 is 5.32 Å². The van der Waals surface area contributed by atoms with Crippen LogP contribution in [0.15, 0.2) is 0 Å². The fraction of sp³-hybridized carbons (Fsp3) is 0.818. The molecule has 1 amide bonds. The predicted molar refractivity (Wildman–Crippen MR) is 113 cm³/mol. The molecular formula is C22H37N5O2. The third-order valence-electron chi connectivity index (χ3n) is 6.71. The van der Waals surface area contributed by atoms with Gasteiger partial charge in [0, 0.05) is 63.1 Å². The monoisotopic (exact) mass is 403 g/mol. The van der Waals surface area contributed by atoms with Crippen LogP contribution in [-0.4, -0.2) is 84.0 Å². The van der Waals surface area contributed by atoms with Crippen LogP contribution in [0.2, 0.25) is 0 Å². The lowest BCUT2D eigenvalue weighted by Crippen LogP contribution is -2.43. The van der Waals surface area contributed by atoms with Gasteiger partial charge in [0.05, 0.1) is 13.2 Å². The zero-order valence-electron chi connectivity index (χ0n) is 18.0. The molecule has 1 aromatic heterocycles. The van der Waals surface area contributed by atoms with E-state index in [1.165, 1.54) is 24.1 Å². The predicted octanol–water partition coefficient (Wildman–Crippen LogP) is 1.70. The van der Waals surface area contributed by atoms with Crippen molar-refractivity contribution < 1.29 is 9.53 Å². The summed E-state index contributed by atoms with van der Waals surface area (Å²) >= 11 is 0. The SMILES string of the molecule is CCn1nc(C(=O)N2CCCCCC2)c2c1CC[C@H](NCCN1CCOCC1)C2. The average molecular weight is 404 g/mol. The lowest BCUT2D eigenvalue weighted by atomic mass is 9.91. The Kier molecular flexibility index (Phi) is 7.21. The Bertz CT molecular complexity index is 675. The molecule has 1 atom stereocenters. The summed E-state index contributed by atoms with van der Waals surface area (Å²) in [4.78, 5) is 17.8. The molecule has 0 spiro atoms. The van der Waals surface area contributed by atoms with Gasteiger partial charge in [-0.3, -0.25) is 14.4 Å². The summed E-state index contributed by atoms with van der Waals surface area (Å²) in [5, 5.41) is 8.53. The van der Waals surface area contributed by atoms with E-state index in [-0.39, 0.29) is 5.91 Å². The second-order valence-electron chi connectivity index (χ2n) is 8.64. The van der Waals surface area contributed by atoms with Crippen LogP contribution in [0.4, 0.5) is 0 Å². The number of amides is 1. The van der Waals surface area contributed by atoms with Crippen molar-refractivity contribution in [3.63, 3.8) is 0 Å². The van der Waals surface area contributed by atoms with E-state index in [9.17, 15) is 4.79 Å². The van der Waals surface area contributed by atoms with Crippen molar-refractivity contribution in [2.24, 2.45) is 0 Å². The number of hydrogen-bond acceptors (Lipinski definition) is 5. The highest BCUT2D eigenvalue weighted by Crippen LogP contribution is 2.26. The molecule has 0 aromatic carbocycles. The minimum atomic E-state index is 0.157. The highest BCUT2D eigenvalue weighted by atomic mass is 16.5. The second kappa shape index (κ2) is 10.0. The molecule has 2 fully saturated rings. The number of likely N-dealkylation sites (tertiary alicyclic amines) is 1. The number of rotatable bonds is 6. The number of ether oxygens (including phenoxy) is 1. The molecule has 1 N–H and O–H groups in total. The summed E-state index contributed by atoms with van der Waals surface area (Å²) in [6, 6.07) is 0.439. The molecule has 3 heterocycles. The molecule has 3 aliphatic rings. The van der Waals surface area contributed by atoms with E-state index in [0.717, 1.165) is 96.8 Å². The first kappa shape index (κ1) is 20.8. The van der Waals surface area contributed by atoms with Crippen molar-refractivity contribution in [1.82, 2.24) is 24.9 Å². The topological polar surface area (TPSA) is 62.6 Å². The zero-order chi connectivity index (χ0) is 20.1. The van der Waals surface area contributed by atoms with E-state index in [1.54, 1.807) is 0 Å². The standard InChI is InChI=1S/C22H37N5O2/c1-2-27-20-8-7-18(23-9-12-25-13-15-29-16-14-25)17-19(20)21(24-27)22(28)26-10-5-3-4-6-11-26/h18,23H,2-17H2,1H3/t18-/m0/s1. The first-order valence-electron chi connectivity index (χ1n) is 11.7. The van der Waals surface area contributed by atoms with Gasteiger partial charge in [0.15, 0.2) is 5.69 Å². The minimum absolute atomic E-state index is 0.157. The van der Waals surface area contributed by atoms with Crippen molar-refractivity contribution in [2.75, 3.05) is 52.5 Å². The highest BCUT2D eigenvalue weighted by Gasteiger charge is 2.31. The van der Waals surface area contributed by atoms with E-state index in [1.807, 2.05) is 4.90 Å². The second-order valence-corrected chi connectivity index (χ2v) is 8.64. The molecule has 2 aliphatic heterocycles. The van der Waals surface area contributed by atoms with Crippen LogP contribution in [0.5, 0.6) is 0 Å². The number of hydrogen-bond donors (Lipinski definition) is 1. The normalized spacial score (nSPS) is 23.6. The maximum absolute atomic E-state index is 13.3. The lowest BCUT2D eigenvalue weighted by molar-refractivity contribution is 0.0381. The molecule has 0 unspecified atom stereocenters. The van der Waals surface area contributed by atoms with Crippen molar-refractivity contribution >= 4 is 5.91 Å². The van der Waals surface area contributed by atoms with E-state index >= 15 is 0 Å². The summed E-state index contributed by atoms with van der Waals surface area (Å²) in [5.74, 6) is 0.157. The Labute approximate surface area is 174 Å². The van der Waals surface area contributed by atoms with Crippen molar-refractivity contribution in [1.29, 1.82) is 0 Å². The fourth-order valence-electron chi connectivity index (χ4n) is 4.97. The Morgan fingerprint density at radius 2 is 1.90 bits per heavy atom. The van der Waals surface area contributed by atoms with Gasteiger partial charge < -0.3 is 15.0 Å². The van der Waals surface area contributed by atoms with Gasteiger partial charge >= 0.3 is 0 Å². The van der Waals surface area contributed by atoms with Crippen LogP contribution in [0.1, 0.15) is 60.8 Å². The molecule has 1 aromatic rings. The molecular weight excluding hydrogens is 366 g/mol. The van der Waals surface area contributed by atoms with Gasteiger partial charge in [-0.1, -0.05) is 12.8 Å². The highest BCUT2D eigenvalue weighted by molar-refractivity contribution is 5.94. The third kappa shape index (κ3) is 5.01. The van der Waals surface area contributed by atoms with Gasteiger partial charge in [-0.15, -0.1) is 0 Å². The van der Waals surface area contributed by atoms with Crippen LogP contribution >= 0.6 is 0 Å². The quantitative estimate of drug-likeness (QED) is 0.783. The first-order chi connectivity index (χ1) is 14.3. The molecule has 0 radical (unpaired) electrons. The van der Waals surface area contributed by atoms with Crippen LogP contribution in [-0.2, 0) is 24.1 Å². The van der Waals surface area contributed by atoms with Crippen molar-refractivity contribution in [3.8, 4) is 0 Å². The summed E-state index contributed by atoms with van der Waals surface area (Å²) in [6.07, 6.45) is 7.77. The number of aromatic nitrogens is 2. The summed E-state index contributed by atoms with van der Waals surface area (Å²) in [7, 11) is 0. The van der Waals surface area contributed by atoms with Gasteiger partial charge in [0.25, 0.3) is 5.91 Å². The zero-order valence-corrected chi connectivity index (χ0v) is 18.0. The van der Waals surface area contributed by atoms with Gasteiger partial charge in [0.2, 0.25) is 0 Å². The molecule has 0 bridgehead atoms. The fourth-order valence-corrected chi connectivity index (χ4v) is 4.97. The number of nitrogens with zero attached hydrogens (tertiary/aromatic N) is 4. The molecule has 4 rings (SSSR count). The minimum Gasteiger partial charge on any atom is -0.379 e. The Balaban J connectivity index is 1.40. The molecule has 2 saturated heterocycles. The van der Waals surface area contributed by atoms with Gasteiger partial charge in [-0.05, 0) is 39.0 Å². The lowest BCUT2D eigenvalue weighted by Gasteiger charge is -2.29. The Morgan fingerprint density at radius 3 is 2.62 bits per heavy atom. The number of nitrogens with one attached hydrogen (secondary N) is 1. The smallest absolute Gasteiger partial charge is 0.274 e. The molecule has 7 nitrogen and oxygen atoms in total. The van der Waals surface area contributed by atoms with Crippen LogP contribution in [0.25, 0.3) is 0 Å². The van der Waals surface area contributed by atoms with Crippen molar-refractivity contribution in [3.05, 3.63) is 17.0 Å². The van der Waals surface area contributed by atoms with Gasteiger partial charge in [0.1, 0.15) is 0 Å². The van der Waals surface area contributed by atoms with Crippen molar-refractivity contribution in [2.45, 2.75) is 64.5 Å². The van der Waals surface area contributed by atoms with E-state index in [2.05, 4.69) is 21.8 Å². The molecule has 7 heteroatoms. The Morgan fingerprint density at radius 1 is 1.14 bits per heavy atom. The van der Waals surface area contributed by atoms with Crippen LogP contribution in [0, 0.1) is 0 Å². The van der Waals surface area contributed by atoms with E-state index in [0.29, 0.717) is 6.04 Å². The van der Waals surface area contributed by atoms with E-state index < -0.39 is 0 Å². The molecule has 162 valence electrons. The van der Waals surface area contributed by atoms with Gasteiger partial charge in [-0.25, -0.2) is 0 Å². The molecule has 1 aliphatic carbocycles. The molecule has 29 heavy (non-hydrogen) atoms. The largest absolute Gasteiger partial charge is 0.379 e. The average Bonchev–Trinajstić information content (AvgIpc) is 2.92. The maximum Gasteiger partial charge on any atom is 0.274 e. The summed E-state index contributed by atoms with van der Waals surface area (Å²) in [5.41, 5.74) is 3.22. The first-order valence-corrected chi connectivity index (χ1v) is 11.7. The summed E-state index contributed by atoms with van der Waals surface area (Å²) in [6.45, 7) is 10.6. The number of morpholine rings is 1. The number of fused-ring (bicyclic) bond motifs is 1. The van der Waals surface area contributed by atoms with Crippen LogP contribution in [0.3, 0.4) is 0 Å². The van der Waals surface area contributed by atoms with E-state index in [4.69, 9.17) is 9.84 Å². The number of carbonyl (C=O) groups excluding carboxylic acids is 1. The van der Waals surface area contributed by atoms with Gasteiger partial charge in [-0.2, -0.15) is 5.10 Å². The summed E-state index contributed by atoms with van der Waals surface area (Å²) < 4.78 is 7.51. The number of aryl methyl sites for hydroxylation is 1. The third-order valence-corrected chi connectivity index (χ3v) is 6.71. The molecule has 0 saturated carbocycles. The maximum atomic E-state index is 13.3.